The average Bonchev–Trinajstić information content (AvgIpc) is 2.41. The zero-order valence-corrected chi connectivity index (χ0v) is 12.4. The van der Waals surface area contributed by atoms with E-state index in [0.717, 1.165) is 65.3 Å². The van der Waals surface area contributed by atoms with Crippen molar-refractivity contribution in [3.63, 3.8) is 0 Å². The smallest absolute Gasteiger partial charge is 0.188 e. The van der Waals surface area contributed by atoms with Gasteiger partial charge in [-0.1, -0.05) is 0 Å². The van der Waals surface area contributed by atoms with Gasteiger partial charge in [0, 0.05) is 26.2 Å². The van der Waals surface area contributed by atoms with Gasteiger partial charge in [-0.05, 0) is 40.0 Å². The number of nitrogens with zero attached hydrogens (tertiary/aromatic N) is 3. The second kappa shape index (κ2) is 10.00. The molecule has 0 spiro atoms. The van der Waals surface area contributed by atoms with Gasteiger partial charge in [0.2, 0.25) is 0 Å². The fourth-order valence-corrected chi connectivity index (χ4v) is 1.99. The third kappa shape index (κ3) is 8.80. The molecule has 0 radical (unpaired) electrons. The number of hydrogen-bond acceptors (Lipinski definition) is 4. The quantitative estimate of drug-likeness (QED) is 0.356. The van der Waals surface area contributed by atoms with E-state index in [1.807, 2.05) is 0 Å². The zero-order valence-electron chi connectivity index (χ0n) is 12.4. The normalized spacial score (nSPS) is 17.9. The lowest BCUT2D eigenvalue weighted by atomic mass is 10.3. The second-order valence-electron chi connectivity index (χ2n) is 5.16. The number of nitrogens with one attached hydrogen (secondary N) is 1. The van der Waals surface area contributed by atoms with Gasteiger partial charge in [-0.2, -0.15) is 0 Å². The summed E-state index contributed by atoms with van der Waals surface area (Å²) in [6, 6.07) is 0. The molecule has 0 aliphatic carbocycles. The minimum atomic E-state index is 0.570. The Balaban J connectivity index is 1.96. The molecule has 0 saturated carbocycles. The van der Waals surface area contributed by atoms with Gasteiger partial charge < -0.3 is 20.7 Å². The Morgan fingerprint density at radius 2 is 2.05 bits per heavy atom. The Morgan fingerprint density at radius 1 is 1.32 bits per heavy atom. The van der Waals surface area contributed by atoms with Gasteiger partial charge in [0.05, 0.1) is 13.2 Å². The number of aliphatic imine (C=N–C) groups is 1. The van der Waals surface area contributed by atoms with Crippen molar-refractivity contribution in [3.8, 4) is 0 Å². The maximum Gasteiger partial charge on any atom is 0.188 e. The van der Waals surface area contributed by atoms with E-state index in [1.54, 1.807) is 0 Å². The van der Waals surface area contributed by atoms with E-state index in [9.17, 15) is 0 Å². The van der Waals surface area contributed by atoms with Gasteiger partial charge in [0.1, 0.15) is 0 Å². The van der Waals surface area contributed by atoms with Crippen molar-refractivity contribution >= 4 is 5.96 Å². The Kier molecular flexibility index (Phi) is 8.53. The summed E-state index contributed by atoms with van der Waals surface area (Å²) in [7, 11) is 4.13. The number of nitrogens with two attached hydrogens (primary N) is 1. The summed E-state index contributed by atoms with van der Waals surface area (Å²) in [5.74, 6) is 0.570. The van der Waals surface area contributed by atoms with Crippen LogP contribution in [0.25, 0.3) is 0 Å². The maximum absolute atomic E-state index is 5.80. The van der Waals surface area contributed by atoms with Crippen LogP contribution in [0, 0.1) is 0 Å². The molecule has 0 unspecified atom stereocenters. The van der Waals surface area contributed by atoms with Gasteiger partial charge in [-0.15, -0.1) is 0 Å². The average molecular weight is 271 g/mol. The number of guanidine groups is 1. The summed E-state index contributed by atoms with van der Waals surface area (Å²) in [6.07, 6.45) is 2.14. The molecule has 6 nitrogen and oxygen atoms in total. The van der Waals surface area contributed by atoms with Crippen molar-refractivity contribution in [2.24, 2.45) is 10.7 Å². The minimum absolute atomic E-state index is 0.570. The van der Waals surface area contributed by atoms with Gasteiger partial charge in [-0.3, -0.25) is 9.89 Å². The summed E-state index contributed by atoms with van der Waals surface area (Å²) >= 11 is 0. The highest BCUT2D eigenvalue weighted by molar-refractivity contribution is 5.77. The highest BCUT2D eigenvalue weighted by Crippen LogP contribution is 1.97. The van der Waals surface area contributed by atoms with E-state index >= 15 is 0 Å². The highest BCUT2D eigenvalue weighted by Gasteiger charge is 2.08. The van der Waals surface area contributed by atoms with Crippen molar-refractivity contribution in [3.05, 3.63) is 0 Å². The monoisotopic (exact) mass is 271 g/mol. The fraction of sp³-hybridized carbons (Fsp3) is 0.923. The maximum atomic E-state index is 5.80. The van der Waals surface area contributed by atoms with Gasteiger partial charge in [-0.25, -0.2) is 0 Å². The lowest BCUT2D eigenvalue weighted by molar-refractivity contribution is 0.0376. The first kappa shape index (κ1) is 16.2. The molecule has 112 valence electrons. The number of ether oxygens (including phenoxy) is 1. The molecule has 3 N–H and O–H groups in total. The van der Waals surface area contributed by atoms with Crippen LogP contribution in [0.4, 0.5) is 0 Å². The molecule has 1 rings (SSSR count). The lowest BCUT2D eigenvalue weighted by Gasteiger charge is -2.26. The van der Waals surface area contributed by atoms with E-state index in [-0.39, 0.29) is 0 Å². The predicted molar refractivity (Wildman–Crippen MR) is 79.5 cm³/mol. The van der Waals surface area contributed by atoms with Crippen LogP contribution in [0.5, 0.6) is 0 Å². The first-order valence-electron chi connectivity index (χ1n) is 7.17. The Hall–Kier alpha value is -0.850. The van der Waals surface area contributed by atoms with E-state index in [2.05, 4.69) is 34.2 Å². The first-order valence-corrected chi connectivity index (χ1v) is 7.17. The van der Waals surface area contributed by atoms with Crippen molar-refractivity contribution in [2.45, 2.75) is 12.8 Å². The van der Waals surface area contributed by atoms with Crippen LogP contribution in [0.2, 0.25) is 0 Å². The molecule has 1 heterocycles. The standard InChI is InChI=1S/C13H29N5O/c1-17(2)7-3-5-15-13(14)16-6-4-8-18-9-11-19-12-10-18/h3-12H2,1-2H3,(H3,14,15,16). The van der Waals surface area contributed by atoms with Crippen LogP contribution in [-0.4, -0.2) is 82.3 Å². The Morgan fingerprint density at radius 3 is 2.74 bits per heavy atom. The molecule has 1 aliphatic rings. The summed E-state index contributed by atoms with van der Waals surface area (Å²) in [6.45, 7) is 7.66. The third-order valence-corrected chi connectivity index (χ3v) is 3.11. The van der Waals surface area contributed by atoms with Crippen molar-refractivity contribution in [1.82, 2.24) is 15.1 Å². The van der Waals surface area contributed by atoms with Crippen molar-refractivity contribution in [1.29, 1.82) is 0 Å². The number of morpholine rings is 1. The molecule has 1 fully saturated rings. The van der Waals surface area contributed by atoms with Crippen LogP contribution >= 0.6 is 0 Å². The molecule has 6 heteroatoms. The third-order valence-electron chi connectivity index (χ3n) is 3.11. The molecule has 0 aromatic carbocycles. The summed E-state index contributed by atoms with van der Waals surface area (Å²) in [5, 5.41) is 3.17. The van der Waals surface area contributed by atoms with Gasteiger partial charge >= 0.3 is 0 Å². The largest absolute Gasteiger partial charge is 0.379 e. The second-order valence-corrected chi connectivity index (χ2v) is 5.16. The van der Waals surface area contributed by atoms with E-state index in [0.29, 0.717) is 5.96 Å². The van der Waals surface area contributed by atoms with Crippen molar-refractivity contribution in [2.75, 3.05) is 66.6 Å². The summed E-state index contributed by atoms with van der Waals surface area (Å²) < 4.78 is 5.32. The lowest BCUT2D eigenvalue weighted by Crippen LogP contribution is -2.39. The van der Waals surface area contributed by atoms with Crippen LogP contribution in [0.15, 0.2) is 4.99 Å². The predicted octanol–water partition coefficient (Wildman–Crippen LogP) is -0.435. The topological polar surface area (TPSA) is 66.1 Å². The molecule has 0 aromatic rings. The minimum Gasteiger partial charge on any atom is -0.379 e. The SMILES string of the molecule is CN(C)CCCN=C(N)NCCCN1CCOCC1. The summed E-state index contributed by atoms with van der Waals surface area (Å²) in [5.41, 5.74) is 5.80. The van der Waals surface area contributed by atoms with E-state index in [4.69, 9.17) is 10.5 Å². The molecule has 1 aliphatic heterocycles. The Bertz CT molecular complexity index is 251. The number of rotatable bonds is 8. The first-order chi connectivity index (χ1) is 9.18. The van der Waals surface area contributed by atoms with Crippen LogP contribution in [-0.2, 0) is 4.74 Å². The molecular weight excluding hydrogens is 242 g/mol. The van der Waals surface area contributed by atoms with Crippen LogP contribution in [0.1, 0.15) is 12.8 Å². The van der Waals surface area contributed by atoms with Crippen molar-refractivity contribution < 1.29 is 4.74 Å². The number of hydrogen-bond donors (Lipinski definition) is 2. The fourth-order valence-electron chi connectivity index (χ4n) is 1.99. The molecule has 0 aromatic heterocycles. The van der Waals surface area contributed by atoms with Gasteiger partial charge in [0.25, 0.3) is 0 Å². The van der Waals surface area contributed by atoms with Gasteiger partial charge in [0.15, 0.2) is 5.96 Å². The molecule has 0 bridgehead atoms. The molecule has 0 atom stereocenters. The van der Waals surface area contributed by atoms with Crippen LogP contribution in [0.3, 0.4) is 0 Å². The van der Waals surface area contributed by atoms with E-state index < -0.39 is 0 Å². The molecule has 1 saturated heterocycles. The zero-order chi connectivity index (χ0) is 13.9. The highest BCUT2D eigenvalue weighted by atomic mass is 16.5. The Labute approximate surface area is 117 Å². The van der Waals surface area contributed by atoms with Crippen LogP contribution < -0.4 is 11.1 Å². The molecule has 0 amide bonds. The molecular formula is C13H29N5O. The van der Waals surface area contributed by atoms with E-state index in [1.165, 1.54) is 0 Å². The summed E-state index contributed by atoms with van der Waals surface area (Å²) in [4.78, 5) is 8.88. The molecule has 19 heavy (non-hydrogen) atoms.